The molecular formula is C21H25N5O5S. The van der Waals surface area contributed by atoms with Gasteiger partial charge in [0.1, 0.15) is 0 Å². The van der Waals surface area contributed by atoms with Crippen molar-refractivity contribution in [2.45, 2.75) is 25.3 Å². The molecule has 0 saturated heterocycles. The minimum Gasteiger partial charge on any atom is -0.480 e. The minimum atomic E-state index is -4.05. The molecule has 0 saturated carbocycles. The molecule has 0 aliphatic heterocycles. The fraction of sp³-hybridized carbons (Fsp3) is 0.286. The Morgan fingerprint density at radius 3 is 2.53 bits per heavy atom. The molecule has 3 rings (SSSR count). The van der Waals surface area contributed by atoms with Crippen LogP contribution in [0.15, 0.2) is 47.6 Å². The maximum absolute atomic E-state index is 13.1. The van der Waals surface area contributed by atoms with E-state index in [9.17, 15) is 13.2 Å². The van der Waals surface area contributed by atoms with Gasteiger partial charge in [-0.05, 0) is 37.1 Å². The molecule has 0 atom stereocenters. The van der Waals surface area contributed by atoms with Crippen LogP contribution in [0.2, 0.25) is 0 Å². The Kier molecular flexibility index (Phi) is 7.11. The lowest BCUT2D eigenvalue weighted by Gasteiger charge is -2.15. The van der Waals surface area contributed by atoms with E-state index >= 15 is 0 Å². The molecule has 170 valence electrons. The summed E-state index contributed by atoms with van der Waals surface area (Å²) in [6, 6.07) is 8.31. The lowest BCUT2D eigenvalue weighted by atomic mass is 10.1. The number of methoxy groups -OCH3 is 2. The molecule has 11 heteroatoms. The molecule has 0 bridgehead atoms. The second-order valence-corrected chi connectivity index (χ2v) is 8.67. The molecule has 32 heavy (non-hydrogen) atoms. The molecule has 0 radical (unpaired) electrons. The smallest absolute Gasteiger partial charge is 0.276 e. The number of aryl methyl sites for hydroxylation is 2. The van der Waals surface area contributed by atoms with Crippen molar-refractivity contribution in [1.29, 1.82) is 0 Å². The fourth-order valence-electron chi connectivity index (χ4n) is 3.00. The molecule has 1 aromatic carbocycles. The van der Waals surface area contributed by atoms with Gasteiger partial charge in [-0.3, -0.25) is 14.2 Å². The normalized spacial score (nSPS) is 11.2. The minimum absolute atomic E-state index is 0.0921. The van der Waals surface area contributed by atoms with Gasteiger partial charge in [-0.15, -0.1) is 0 Å². The van der Waals surface area contributed by atoms with Crippen molar-refractivity contribution < 1.29 is 22.7 Å². The molecule has 0 fully saturated rings. The van der Waals surface area contributed by atoms with Crippen LogP contribution in [0.5, 0.6) is 5.88 Å². The van der Waals surface area contributed by atoms with E-state index in [4.69, 9.17) is 9.47 Å². The molecule has 0 unspecified atom stereocenters. The standard InChI is InChI=1S/C21H25N5O5S/c1-14-6-5-7-15(2)19(14)25-32(28,29)18-12-16(13-22-21(18)31-4)23-20(27)17-8-9-26(24-17)10-11-30-3/h5-9,12-13,25H,10-11H2,1-4H3,(H,23,27). The Hall–Kier alpha value is -3.44. The first kappa shape index (κ1) is 23.2. The molecule has 2 N–H and O–H groups in total. The van der Waals surface area contributed by atoms with Crippen molar-refractivity contribution in [3.8, 4) is 5.88 Å². The summed E-state index contributed by atoms with van der Waals surface area (Å²) in [6.45, 7) is 4.57. The highest BCUT2D eigenvalue weighted by atomic mass is 32.2. The van der Waals surface area contributed by atoms with Gasteiger partial charge < -0.3 is 14.8 Å². The first-order valence-corrected chi connectivity index (χ1v) is 11.2. The number of carbonyl (C=O) groups excluding carboxylic acids is 1. The number of ether oxygens (including phenoxy) is 2. The number of sulfonamides is 1. The average molecular weight is 460 g/mol. The van der Waals surface area contributed by atoms with Gasteiger partial charge in [0, 0.05) is 13.3 Å². The zero-order valence-electron chi connectivity index (χ0n) is 18.2. The van der Waals surface area contributed by atoms with Crippen LogP contribution >= 0.6 is 0 Å². The van der Waals surface area contributed by atoms with Gasteiger partial charge >= 0.3 is 0 Å². The second kappa shape index (κ2) is 9.79. The highest BCUT2D eigenvalue weighted by Crippen LogP contribution is 2.29. The summed E-state index contributed by atoms with van der Waals surface area (Å²) in [5.74, 6) is -0.593. The number of nitrogens with zero attached hydrogens (tertiary/aromatic N) is 3. The molecule has 2 aromatic heterocycles. The number of hydrogen-bond donors (Lipinski definition) is 2. The number of pyridine rings is 1. The Bertz CT molecular complexity index is 1200. The largest absolute Gasteiger partial charge is 0.480 e. The maximum atomic E-state index is 13.1. The van der Waals surface area contributed by atoms with E-state index in [-0.39, 0.29) is 22.2 Å². The Morgan fingerprint density at radius 1 is 1.16 bits per heavy atom. The number of aromatic nitrogens is 3. The quantitative estimate of drug-likeness (QED) is 0.504. The van der Waals surface area contributed by atoms with Crippen molar-refractivity contribution in [3.63, 3.8) is 0 Å². The third-order valence-corrected chi connectivity index (χ3v) is 6.02. The summed E-state index contributed by atoms with van der Waals surface area (Å²) < 4.78 is 40.6. The Morgan fingerprint density at radius 2 is 1.88 bits per heavy atom. The molecule has 1 amide bonds. The monoisotopic (exact) mass is 459 g/mol. The highest BCUT2D eigenvalue weighted by molar-refractivity contribution is 7.92. The molecule has 2 heterocycles. The van der Waals surface area contributed by atoms with Crippen LogP contribution in [0, 0.1) is 13.8 Å². The van der Waals surface area contributed by atoms with E-state index in [1.165, 1.54) is 19.4 Å². The van der Waals surface area contributed by atoms with Gasteiger partial charge in [0.15, 0.2) is 10.6 Å². The topological polar surface area (TPSA) is 124 Å². The number of carbonyl (C=O) groups is 1. The van der Waals surface area contributed by atoms with Crippen LogP contribution in [0.25, 0.3) is 0 Å². The SMILES string of the molecule is COCCn1ccc(C(=O)Nc2cnc(OC)c(S(=O)(=O)Nc3c(C)cccc3C)c2)n1. The third kappa shape index (κ3) is 5.24. The van der Waals surface area contributed by atoms with Crippen molar-refractivity contribution in [2.24, 2.45) is 0 Å². The maximum Gasteiger partial charge on any atom is 0.276 e. The number of amides is 1. The van der Waals surface area contributed by atoms with Crippen LogP contribution in [0.3, 0.4) is 0 Å². The van der Waals surface area contributed by atoms with E-state index in [0.29, 0.717) is 18.8 Å². The Labute approximate surface area is 186 Å². The van der Waals surface area contributed by atoms with Gasteiger partial charge in [0.2, 0.25) is 5.88 Å². The van der Waals surface area contributed by atoms with Gasteiger partial charge in [-0.1, -0.05) is 18.2 Å². The van der Waals surface area contributed by atoms with E-state index in [1.807, 2.05) is 32.0 Å². The number of hydrogen-bond acceptors (Lipinski definition) is 7. The molecule has 0 aliphatic carbocycles. The van der Waals surface area contributed by atoms with Crippen molar-refractivity contribution in [1.82, 2.24) is 14.8 Å². The Balaban J connectivity index is 1.86. The molecule has 10 nitrogen and oxygen atoms in total. The van der Waals surface area contributed by atoms with Gasteiger partial charge in [0.25, 0.3) is 15.9 Å². The molecule has 0 spiro atoms. The van der Waals surface area contributed by atoms with Crippen LogP contribution in [0.1, 0.15) is 21.6 Å². The van der Waals surface area contributed by atoms with Crippen molar-refractivity contribution >= 4 is 27.3 Å². The summed E-state index contributed by atoms with van der Waals surface area (Å²) >= 11 is 0. The predicted molar refractivity (Wildman–Crippen MR) is 120 cm³/mol. The van der Waals surface area contributed by atoms with Crippen LogP contribution in [-0.2, 0) is 21.3 Å². The predicted octanol–water partition coefficient (Wildman–Crippen LogP) is 2.60. The zero-order chi connectivity index (χ0) is 23.3. The number of rotatable bonds is 9. The number of anilines is 2. The van der Waals surface area contributed by atoms with Crippen LogP contribution < -0.4 is 14.8 Å². The van der Waals surface area contributed by atoms with E-state index in [0.717, 1.165) is 11.1 Å². The first-order chi connectivity index (χ1) is 15.2. The van der Waals surface area contributed by atoms with Crippen molar-refractivity contribution in [2.75, 3.05) is 30.9 Å². The summed E-state index contributed by atoms with van der Waals surface area (Å²) in [6.07, 6.45) is 2.97. The van der Waals surface area contributed by atoms with E-state index in [2.05, 4.69) is 20.1 Å². The fourth-order valence-corrected chi connectivity index (χ4v) is 4.35. The number of para-hydroxylation sites is 1. The van der Waals surface area contributed by atoms with E-state index < -0.39 is 15.9 Å². The summed E-state index contributed by atoms with van der Waals surface area (Å²) in [5, 5.41) is 6.79. The number of nitrogens with one attached hydrogen (secondary N) is 2. The average Bonchev–Trinajstić information content (AvgIpc) is 3.24. The van der Waals surface area contributed by atoms with Crippen LogP contribution in [-0.4, -0.2) is 49.9 Å². The van der Waals surface area contributed by atoms with Gasteiger partial charge in [0.05, 0.1) is 37.8 Å². The van der Waals surface area contributed by atoms with Crippen molar-refractivity contribution in [3.05, 3.63) is 59.5 Å². The van der Waals surface area contributed by atoms with Crippen LogP contribution in [0.4, 0.5) is 11.4 Å². The summed E-state index contributed by atoms with van der Waals surface area (Å²) in [4.78, 5) is 16.4. The third-order valence-electron chi connectivity index (χ3n) is 4.67. The number of benzene rings is 1. The second-order valence-electron chi connectivity index (χ2n) is 7.01. The molecule has 3 aromatic rings. The van der Waals surface area contributed by atoms with Gasteiger partial charge in [-0.2, -0.15) is 5.10 Å². The zero-order valence-corrected chi connectivity index (χ0v) is 19.1. The molecule has 0 aliphatic rings. The lowest BCUT2D eigenvalue weighted by Crippen LogP contribution is -2.18. The molecular weight excluding hydrogens is 434 g/mol. The summed E-state index contributed by atoms with van der Waals surface area (Å²) in [7, 11) is -1.15. The highest BCUT2D eigenvalue weighted by Gasteiger charge is 2.24. The van der Waals surface area contributed by atoms with E-state index in [1.54, 1.807) is 24.1 Å². The first-order valence-electron chi connectivity index (χ1n) is 9.72. The summed E-state index contributed by atoms with van der Waals surface area (Å²) in [5.41, 5.74) is 2.38. The lowest BCUT2D eigenvalue weighted by molar-refractivity contribution is 0.102. The van der Waals surface area contributed by atoms with Gasteiger partial charge in [-0.25, -0.2) is 13.4 Å².